The second-order valence-corrected chi connectivity index (χ2v) is 6.77. The van der Waals surface area contributed by atoms with Crippen LogP contribution in [0.25, 0.3) is 0 Å². The van der Waals surface area contributed by atoms with Crippen molar-refractivity contribution in [3.05, 3.63) is 11.5 Å². The molecule has 0 radical (unpaired) electrons. The molecule has 112 valence electrons. The van der Waals surface area contributed by atoms with E-state index >= 15 is 0 Å². The Hall–Kier alpha value is -1.07. The molecule has 0 aliphatic heterocycles. The second kappa shape index (κ2) is 5.74. The van der Waals surface area contributed by atoms with Gasteiger partial charge in [-0.05, 0) is 31.1 Å². The van der Waals surface area contributed by atoms with Crippen molar-refractivity contribution in [2.75, 3.05) is 24.2 Å². The van der Waals surface area contributed by atoms with Gasteiger partial charge in [-0.25, -0.2) is 9.97 Å². The number of hydrogen-bond donors (Lipinski definition) is 3. The molecule has 1 aromatic rings. The molecule has 0 amide bonds. The molecular weight excluding hydrogens is 276 g/mol. The lowest BCUT2D eigenvalue weighted by molar-refractivity contribution is -0.0278. The van der Waals surface area contributed by atoms with Crippen LogP contribution in [-0.4, -0.2) is 34.3 Å². The molecule has 1 aromatic heterocycles. The van der Waals surface area contributed by atoms with Crippen molar-refractivity contribution in [1.82, 2.24) is 9.97 Å². The Labute approximate surface area is 125 Å². The van der Waals surface area contributed by atoms with Gasteiger partial charge in [0.1, 0.15) is 12.0 Å². The van der Waals surface area contributed by atoms with Crippen LogP contribution >= 0.6 is 11.6 Å². The zero-order valence-corrected chi connectivity index (χ0v) is 13.1. The summed E-state index contributed by atoms with van der Waals surface area (Å²) in [6.45, 7) is 4.88. The third-order valence-electron chi connectivity index (χ3n) is 3.94. The van der Waals surface area contributed by atoms with Crippen molar-refractivity contribution >= 4 is 23.1 Å². The van der Waals surface area contributed by atoms with E-state index in [1.54, 1.807) is 7.05 Å². The van der Waals surface area contributed by atoms with E-state index in [1.165, 1.54) is 6.33 Å². The summed E-state index contributed by atoms with van der Waals surface area (Å²) in [4.78, 5) is 8.12. The van der Waals surface area contributed by atoms with Crippen molar-refractivity contribution in [3.8, 4) is 0 Å². The number of aromatic nitrogens is 2. The van der Waals surface area contributed by atoms with Gasteiger partial charge in [-0.1, -0.05) is 25.4 Å². The normalized spacial score (nSPS) is 25.2. The summed E-state index contributed by atoms with van der Waals surface area (Å²) in [5.41, 5.74) is 0.154. The smallest absolute Gasteiger partial charge is 0.157 e. The molecule has 1 unspecified atom stereocenters. The number of nitrogens with zero attached hydrogens (tertiary/aromatic N) is 2. The first-order chi connectivity index (χ1) is 9.35. The highest BCUT2D eigenvalue weighted by Crippen LogP contribution is 2.41. The highest BCUT2D eigenvalue weighted by Gasteiger charge is 2.38. The largest absolute Gasteiger partial charge is 0.388 e. The number of anilines is 2. The number of hydrogen-bond acceptors (Lipinski definition) is 5. The van der Waals surface area contributed by atoms with E-state index < -0.39 is 5.60 Å². The Balaban J connectivity index is 2.07. The van der Waals surface area contributed by atoms with Crippen LogP contribution in [0, 0.1) is 5.41 Å². The van der Waals surface area contributed by atoms with E-state index in [4.69, 9.17) is 11.6 Å². The van der Waals surface area contributed by atoms with Crippen molar-refractivity contribution in [1.29, 1.82) is 0 Å². The quantitative estimate of drug-likeness (QED) is 0.746. The summed E-state index contributed by atoms with van der Waals surface area (Å²) in [5, 5.41) is 17.3. The number of nitrogens with one attached hydrogen (secondary N) is 2. The van der Waals surface area contributed by atoms with Crippen LogP contribution in [0.2, 0.25) is 5.15 Å². The number of rotatable bonds is 4. The van der Waals surface area contributed by atoms with E-state index in [-0.39, 0.29) is 5.41 Å². The molecule has 1 saturated carbocycles. The summed E-state index contributed by atoms with van der Waals surface area (Å²) in [7, 11) is 1.77. The molecule has 3 N–H and O–H groups in total. The van der Waals surface area contributed by atoms with Crippen molar-refractivity contribution in [2.24, 2.45) is 5.41 Å². The summed E-state index contributed by atoms with van der Waals surface area (Å²) in [6, 6.07) is 0. The van der Waals surface area contributed by atoms with Crippen LogP contribution in [-0.2, 0) is 0 Å². The second-order valence-electron chi connectivity index (χ2n) is 6.41. The first-order valence-electron chi connectivity index (χ1n) is 7.00. The van der Waals surface area contributed by atoms with Crippen molar-refractivity contribution in [3.63, 3.8) is 0 Å². The molecule has 0 bridgehead atoms. The monoisotopic (exact) mass is 298 g/mol. The van der Waals surface area contributed by atoms with Gasteiger partial charge in [-0.2, -0.15) is 0 Å². The topological polar surface area (TPSA) is 70.1 Å². The molecule has 6 heteroatoms. The lowest BCUT2D eigenvalue weighted by Crippen LogP contribution is -2.44. The van der Waals surface area contributed by atoms with Crippen LogP contribution in [0.5, 0.6) is 0 Å². The van der Waals surface area contributed by atoms with Crippen LogP contribution in [0.3, 0.4) is 0 Å². The lowest BCUT2D eigenvalue weighted by atomic mass is 9.70. The van der Waals surface area contributed by atoms with E-state index in [1.807, 2.05) is 0 Å². The predicted molar refractivity (Wildman–Crippen MR) is 82.3 cm³/mol. The Bertz CT molecular complexity index is 480. The third kappa shape index (κ3) is 3.52. The Morgan fingerprint density at radius 3 is 2.75 bits per heavy atom. The summed E-state index contributed by atoms with van der Waals surface area (Å²) in [5.74, 6) is 0.629. The molecule has 1 aliphatic rings. The summed E-state index contributed by atoms with van der Waals surface area (Å²) in [6.07, 6.45) is 5.24. The Morgan fingerprint density at radius 1 is 1.35 bits per heavy atom. The fourth-order valence-electron chi connectivity index (χ4n) is 3.08. The van der Waals surface area contributed by atoms with E-state index in [2.05, 4.69) is 34.4 Å². The average molecular weight is 299 g/mol. The van der Waals surface area contributed by atoms with Gasteiger partial charge in [0.2, 0.25) is 0 Å². The fraction of sp³-hybridized carbons (Fsp3) is 0.714. The van der Waals surface area contributed by atoms with Crippen molar-refractivity contribution < 1.29 is 5.11 Å². The van der Waals surface area contributed by atoms with Gasteiger partial charge in [0, 0.05) is 13.6 Å². The van der Waals surface area contributed by atoms with Crippen molar-refractivity contribution in [2.45, 2.75) is 45.1 Å². The molecular formula is C14H23ClN4O. The van der Waals surface area contributed by atoms with Gasteiger partial charge in [0.25, 0.3) is 0 Å². The minimum atomic E-state index is -0.690. The molecule has 5 nitrogen and oxygen atoms in total. The lowest BCUT2D eigenvalue weighted by Gasteiger charge is -2.41. The first kappa shape index (κ1) is 15.3. The summed E-state index contributed by atoms with van der Waals surface area (Å²) < 4.78 is 0. The zero-order valence-electron chi connectivity index (χ0n) is 12.3. The van der Waals surface area contributed by atoms with Gasteiger partial charge < -0.3 is 15.7 Å². The highest BCUT2D eigenvalue weighted by atomic mass is 35.5. The molecule has 1 fully saturated rings. The molecule has 1 aliphatic carbocycles. The zero-order chi connectivity index (χ0) is 14.8. The maximum Gasteiger partial charge on any atom is 0.157 e. The van der Waals surface area contributed by atoms with E-state index in [0.717, 1.165) is 25.7 Å². The minimum absolute atomic E-state index is 0.184. The van der Waals surface area contributed by atoms with Gasteiger partial charge in [-0.15, -0.1) is 0 Å². The maximum atomic E-state index is 10.7. The fourth-order valence-corrected chi connectivity index (χ4v) is 3.31. The van der Waals surface area contributed by atoms with Gasteiger partial charge in [0.15, 0.2) is 11.0 Å². The van der Waals surface area contributed by atoms with Gasteiger partial charge >= 0.3 is 0 Å². The van der Waals surface area contributed by atoms with E-state index in [0.29, 0.717) is 23.2 Å². The highest BCUT2D eigenvalue weighted by molar-refractivity contribution is 6.32. The SMILES string of the molecule is CNc1c(Cl)ncnc1NCC1(O)CCCC(C)(C)C1. The molecule has 1 heterocycles. The molecule has 0 aromatic carbocycles. The van der Waals surface area contributed by atoms with Crippen LogP contribution < -0.4 is 10.6 Å². The average Bonchev–Trinajstić information content (AvgIpc) is 2.35. The summed E-state index contributed by atoms with van der Waals surface area (Å²) >= 11 is 6.01. The molecule has 20 heavy (non-hydrogen) atoms. The molecule has 0 saturated heterocycles. The maximum absolute atomic E-state index is 10.7. The minimum Gasteiger partial charge on any atom is -0.388 e. The standard InChI is InChI=1S/C14H23ClN4O/c1-13(2)5-4-6-14(20,7-13)8-17-12-10(16-3)11(15)18-9-19-12/h9,16,20H,4-8H2,1-3H3,(H,17,18,19). The van der Waals surface area contributed by atoms with E-state index in [9.17, 15) is 5.11 Å². The predicted octanol–water partition coefficient (Wildman–Crippen LogP) is 2.91. The number of aliphatic hydroxyl groups is 1. The molecule has 0 spiro atoms. The van der Waals surface area contributed by atoms with Crippen LogP contribution in [0.15, 0.2) is 6.33 Å². The van der Waals surface area contributed by atoms with Crippen LogP contribution in [0.4, 0.5) is 11.5 Å². The molecule has 1 atom stereocenters. The first-order valence-corrected chi connectivity index (χ1v) is 7.38. The third-order valence-corrected chi connectivity index (χ3v) is 4.23. The van der Waals surface area contributed by atoms with Gasteiger partial charge in [-0.3, -0.25) is 0 Å². The van der Waals surface area contributed by atoms with Crippen LogP contribution in [0.1, 0.15) is 39.5 Å². The number of halogens is 1. The molecule has 2 rings (SSSR count). The van der Waals surface area contributed by atoms with Gasteiger partial charge in [0.05, 0.1) is 5.60 Å². The Morgan fingerprint density at radius 2 is 2.10 bits per heavy atom. The Kier molecular flexibility index (Phi) is 4.39.